The van der Waals surface area contributed by atoms with E-state index in [1.165, 1.54) is 11.8 Å². The first-order valence-corrected chi connectivity index (χ1v) is 7.90. The van der Waals surface area contributed by atoms with Crippen LogP contribution in [0.15, 0.2) is 11.2 Å². The van der Waals surface area contributed by atoms with Crippen LogP contribution < -0.4 is 9.64 Å². The Balaban J connectivity index is 2.21. The minimum absolute atomic E-state index is 0.327. The molecule has 7 heteroatoms. The van der Waals surface area contributed by atoms with Crippen LogP contribution in [0.2, 0.25) is 0 Å². The van der Waals surface area contributed by atoms with Crippen LogP contribution in [-0.2, 0) is 4.79 Å². The van der Waals surface area contributed by atoms with E-state index < -0.39 is 5.97 Å². The quantitative estimate of drug-likeness (QED) is 0.657. The third-order valence-corrected chi connectivity index (χ3v) is 3.79. The van der Waals surface area contributed by atoms with Crippen LogP contribution in [0.25, 0.3) is 0 Å². The number of anilines is 1. The maximum atomic E-state index is 11.1. The first kappa shape index (κ1) is 14.9. The largest absolute Gasteiger partial charge is 0.481 e. The van der Waals surface area contributed by atoms with Crippen LogP contribution in [-0.4, -0.2) is 47.0 Å². The zero-order chi connectivity index (χ0) is 14.5. The average molecular weight is 297 g/mol. The number of ether oxygens (including phenoxy) is 1. The number of carboxylic acids is 1. The first-order valence-electron chi connectivity index (χ1n) is 6.67. The predicted octanol–water partition coefficient (Wildman–Crippen LogP) is 1.90. The molecule has 110 valence electrons. The molecule has 1 fully saturated rings. The van der Waals surface area contributed by atoms with Crippen LogP contribution in [0, 0.1) is 5.92 Å². The number of rotatable bonds is 5. The van der Waals surface area contributed by atoms with Crippen molar-refractivity contribution in [1.29, 1.82) is 0 Å². The summed E-state index contributed by atoms with van der Waals surface area (Å²) < 4.78 is 5.45. The Bertz CT molecular complexity index is 484. The number of carboxylic acid groups (broad SMARTS) is 1. The van der Waals surface area contributed by atoms with Gasteiger partial charge in [0.15, 0.2) is 5.16 Å². The molecule has 0 radical (unpaired) electrons. The monoisotopic (exact) mass is 297 g/mol. The molecule has 1 aliphatic heterocycles. The van der Waals surface area contributed by atoms with Crippen LogP contribution >= 0.6 is 11.8 Å². The summed E-state index contributed by atoms with van der Waals surface area (Å²) in [7, 11) is 0. The molecular formula is C13H19N3O3S. The standard InChI is InChI=1S/C13H19N3O3S/c1-3-19-11-7-10(14-13(15-11)20-2)16-6-4-5-9(8-16)12(17)18/h7,9H,3-6,8H2,1-2H3,(H,17,18)/t9-/m1/s1. The number of nitrogens with zero attached hydrogens (tertiary/aromatic N) is 3. The Morgan fingerprint density at radius 2 is 2.40 bits per heavy atom. The molecule has 0 saturated carbocycles. The molecule has 1 N–H and O–H groups in total. The number of aromatic nitrogens is 2. The summed E-state index contributed by atoms with van der Waals surface area (Å²) in [5.74, 6) is 0.226. The fraction of sp³-hybridized carbons (Fsp3) is 0.615. The Morgan fingerprint density at radius 1 is 1.60 bits per heavy atom. The van der Waals surface area contributed by atoms with Crippen molar-refractivity contribution < 1.29 is 14.6 Å². The summed E-state index contributed by atoms with van der Waals surface area (Å²) in [5.41, 5.74) is 0. The lowest BCUT2D eigenvalue weighted by molar-refractivity contribution is -0.141. The fourth-order valence-corrected chi connectivity index (χ4v) is 2.62. The van der Waals surface area contributed by atoms with Gasteiger partial charge in [-0.1, -0.05) is 11.8 Å². The van der Waals surface area contributed by atoms with Gasteiger partial charge in [-0.3, -0.25) is 4.79 Å². The molecule has 20 heavy (non-hydrogen) atoms. The highest BCUT2D eigenvalue weighted by Crippen LogP contribution is 2.26. The Hall–Kier alpha value is -1.50. The van der Waals surface area contributed by atoms with Crippen LogP contribution in [0.1, 0.15) is 19.8 Å². The maximum Gasteiger partial charge on any atom is 0.308 e. The van der Waals surface area contributed by atoms with Crippen LogP contribution in [0.3, 0.4) is 0 Å². The summed E-state index contributed by atoms with van der Waals surface area (Å²) in [6.07, 6.45) is 3.50. The van der Waals surface area contributed by atoms with Crippen molar-refractivity contribution in [3.63, 3.8) is 0 Å². The molecule has 0 bridgehead atoms. The normalized spacial score (nSPS) is 18.9. The van der Waals surface area contributed by atoms with E-state index in [1.807, 2.05) is 18.1 Å². The number of hydrogen-bond donors (Lipinski definition) is 1. The van der Waals surface area contributed by atoms with Crippen LogP contribution in [0.4, 0.5) is 5.82 Å². The van der Waals surface area contributed by atoms with Crippen molar-refractivity contribution in [3.8, 4) is 5.88 Å². The van der Waals surface area contributed by atoms with E-state index in [-0.39, 0.29) is 5.92 Å². The topological polar surface area (TPSA) is 75.5 Å². The van der Waals surface area contributed by atoms with Gasteiger partial charge in [-0.2, -0.15) is 4.98 Å². The van der Waals surface area contributed by atoms with Crippen molar-refractivity contribution in [1.82, 2.24) is 9.97 Å². The predicted molar refractivity (Wildman–Crippen MR) is 77.6 cm³/mol. The third kappa shape index (κ3) is 3.53. The van der Waals surface area contributed by atoms with Gasteiger partial charge in [0, 0.05) is 19.2 Å². The summed E-state index contributed by atoms with van der Waals surface area (Å²) in [6.45, 7) is 3.76. The SMILES string of the molecule is CCOc1cc(N2CCC[C@@H](C(=O)O)C2)nc(SC)n1. The van der Waals surface area contributed by atoms with Crippen LogP contribution in [0.5, 0.6) is 5.88 Å². The number of aliphatic carboxylic acids is 1. The fourth-order valence-electron chi connectivity index (χ4n) is 2.25. The van der Waals surface area contributed by atoms with Gasteiger partial charge in [-0.25, -0.2) is 4.98 Å². The van der Waals surface area contributed by atoms with Crippen molar-refractivity contribution in [2.24, 2.45) is 5.92 Å². The van der Waals surface area contributed by atoms with Gasteiger partial charge >= 0.3 is 5.97 Å². The zero-order valence-corrected chi connectivity index (χ0v) is 12.5. The van der Waals surface area contributed by atoms with Crippen molar-refractivity contribution in [2.45, 2.75) is 24.9 Å². The summed E-state index contributed by atoms with van der Waals surface area (Å²) in [6, 6.07) is 1.79. The van der Waals surface area contributed by atoms with Gasteiger partial charge in [0.1, 0.15) is 5.82 Å². The van der Waals surface area contributed by atoms with E-state index in [1.54, 1.807) is 6.07 Å². The van der Waals surface area contributed by atoms with Gasteiger partial charge < -0.3 is 14.7 Å². The molecule has 1 aromatic rings. The second-order valence-corrected chi connectivity index (χ2v) is 5.38. The number of carbonyl (C=O) groups is 1. The minimum Gasteiger partial charge on any atom is -0.481 e. The molecule has 1 atom stereocenters. The van der Waals surface area contributed by atoms with Gasteiger partial charge in [-0.15, -0.1) is 0 Å². The first-order chi connectivity index (χ1) is 9.63. The lowest BCUT2D eigenvalue weighted by Crippen LogP contribution is -2.39. The molecule has 0 spiro atoms. The summed E-state index contributed by atoms with van der Waals surface area (Å²) in [5, 5.41) is 9.80. The third-order valence-electron chi connectivity index (χ3n) is 3.24. The minimum atomic E-state index is -0.737. The Kier molecular flexibility index (Phi) is 5.05. The van der Waals surface area contributed by atoms with Crippen molar-refractivity contribution >= 4 is 23.5 Å². The highest BCUT2D eigenvalue weighted by Gasteiger charge is 2.26. The molecule has 0 aromatic carbocycles. The average Bonchev–Trinajstić information content (AvgIpc) is 2.47. The molecule has 2 rings (SSSR count). The molecule has 0 unspecified atom stereocenters. The smallest absolute Gasteiger partial charge is 0.308 e. The molecule has 0 amide bonds. The lowest BCUT2D eigenvalue weighted by atomic mass is 9.98. The molecule has 2 heterocycles. The van der Waals surface area contributed by atoms with E-state index in [9.17, 15) is 4.79 Å². The number of piperidine rings is 1. The van der Waals surface area contributed by atoms with E-state index >= 15 is 0 Å². The van der Waals surface area contributed by atoms with Gasteiger partial charge in [0.25, 0.3) is 0 Å². The highest BCUT2D eigenvalue weighted by atomic mass is 32.2. The van der Waals surface area contributed by atoms with Crippen molar-refractivity contribution in [3.05, 3.63) is 6.07 Å². The van der Waals surface area contributed by atoms with E-state index in [0.29, 0.717) is 24.2 Å². The van der Waals surface area contributed by atoms with Gasteiger partial charge in [0.05, 0.1) is 12.5 Å². The number of thioether (sulfide) groups is 1. The maximum absolute atomic E-state index is 11.1. The Morgan fingerprint density at radius 3 is 3.05 bits per heavy atom. The number of hydrogen-bond acceptors (Lipinski definition) is 6. The second-order valence-electron chi connectivity index (χ2n) is 4.61. The lowest BCUT2D eigenvalue weighted by Gasteiger charge is -2.31. The van der Waals surface area contributed by atoms with E-state index in [0.717, 1.165) is 25.2 Å². The summed E-state index contributed by atoms with van der Waals surface area (Å²) >= 11 is 1.45. The highest BCUT2D eigenvalue weighted by molar-refractivity contribution is 7.98. The summed E-state index contributed by atoms with van der Waals surface area (Å²) in [4.78, 5) is 21.9. The molecule has 6 nitrogen and oxygen atoms in total. The molecule has 1 aromatic heterocycles. The van der Waals surface area contributed by atoms with Gasteiger partial charge in [-0.05, 0) is 26.0 Å². The zero-order valence-electron chi connectivity index (χ0n) is 11.7. The van der Waals surface area contributed by atoms with E-state index in [2.05, 4.69) is 9.97 Å². The molecule has 1 saturated heterocycles. The van der Waals surface area contributed by atoms with Crippen molar-refractivity contribution in [2.75, 3.05) is 30.9 Å². The molecule has 0 aliphatic carbocycles. The Labute approximate surface area is 122 Å². The second kappa shape index (κ2) is 6.78. The molecular weight excluding hydrogens is 278 g/mol. The van der Waals surface area contributed by atoms with Gasteiger partial charge in [0.2, 0.25) is 5.88 Å². The molecule has 1 aliphatic rings. The van der Waals surface area contributed by atoms with E-state index in [4.69, 9.17) is 9.84 Å².